The molecule has 0 radical (unpaired) electrons. The molecule has 0 spiro atoms. The highest BCUT2D eigenvalue weighted by atomic mass is 32.1. The number of thiol groups is 1. The van der Waals surface area contributed by atoms with Crippen molar-refractivity contribution in [1.82, 2.24) is 5.32 Å². The zero-order valence-corrected chi connectivity index (χ0v) is 8.18. The highest BCUT2D eigenvalue weighted by molar-refractivity contribution is 7.80. The monoisotopic (exact) mass is 203 g/mol. The fraction of sp³-hybridized carbons (Fsp3) is 0.750. The Labute approximate surface area is 82.4 Å². The molecule has 4 nitrogen and oxygen atoms in total. The molecule has 5 heteroatoms. The summed E-state index contributed by atoms with van der Waals surface area (Å²) in [6, 6.07) is -0.288. The lowest BCUT2D eigenvalue weighted by Crippen LogP contribution is -2.33. The van der Waals surface area contributed by atoms with Gasteiger partial charge in [-0.1, -0.05) is 0 Å². The highest BCUT2D eigenvalue weighted by Crippen LogP contribution is 2.06. The van der Waals surface area contributed by atoms with Crippen LogP contribution in [0.4, 0.5) is 0 Å². The molecule has 0 aromatic heterocycles. The lowest BCUT2D eigenvalue weighted by Gasteiger charge is -2.07. The van der Waals surface area contributed by atoms with Crippen LogP contribution in [0.15, 0.2) is 0 Å². The molecule has 1 fully saturated rings. The van der Waals surface area contributed by atoms with Gasteiger partial charge in [0.05, 0.1) is 6.42 Å². The third kappa shape index (κ3) is 3.36. The Bertz CT molecular complexity index is 202. The van der Waals surface area contributed by atoms with Gasteiger partial charge in [0.25, 0.3) is 0 Å². The molecule has 1 heterocycles. The smallest absolute Gasteiger partial charge is 0.330 e. The summed E-state index contributed by atoms with van der Waals surface area (Å²) >= 11 is 3.86. The van der Waals surface area contributed by atoms with Crippen molar-refractivity contribution in [3.8, 4) is 0 Å². The maximum absolute atomic E-state index is 11.2. The Balaban J connectivity index is 2.27. The van der Waals surface area contributed by atoms with Gasteiger partial charge >= 0.3 is 11.9 Å². The molecule has 0 aromatic carbocycles. The van der Waals surface area contributed by atoms with Crippen molar-refractivity contribution in [3.05, 3.63) is 0 Å². The van der Waals surface area contributed by atoms with Gasteiger partial charge in [-0.3, -0.25) is 4.79 Å². The van der Waals surface area contributed by atoms with Crippen molar-refractivity contribution in [2.24, 2.45) is 0 Å². The second-order valence-electron chi connectivity index (χ2n) is 2.92. The van der Waals surface area contributed by atoms with Crippen LogP contribution in [-0.2, 0) is 14.3 Å². The van der Waals surface area contributed by atoms with Crippen LogP contribution in [0.3, 0.4) is 0 Å². The largest absolute Gasteiger partial charge is 0.392 e. The molecule has 74 valence electrons. The van der Waals surface area contributed by atoms with Gasteiger partial charge in [0.1, 0.15) is 6.04 Å². The molecule has 1 atom stereocenters. The van der Waals surface area contributed by atoms with Crippen molar-refractivity contribution in [2.45, 2.75) is 25.3 Å². The minimum Gasteiger partial charge on any atom is -0.392 e. The fourth-order valence-electron chi connectivity index (χ4n) is 1.21. The molecule has 1 aliphatic heterocycles. The Kier molecular flexibility index (Phi) is 4.24. The van der Waals surface area contributed by atoms with Gasteiger partial charge in [-0.2, -0.15) is 12.6 Å². The molecule has 0 aliphatic carbocycles. The van der Waals surface area contributed by atoms with E-state index in [-0.39, 0.29) is 12.5 Å². The van der Waals surface area contributed by atoms with Gasteiger partial charge in [-0.25, -0.2) is 4.79 Å². The SMILES string of the molecule is O=C(CCS)OC(=O)[C@@H]1CCCN1. The maximum atomic E-state index is 11.2. The first-order valence-electron chi connectivity index (χ1n) is 4.33. The molecular formula is C8H13NO3S. The molecule has 0 aromatic rings. The normalized spacial score (nSPS) is 21.5. The van der Waals surface area contributed by atoms with E-state index >= 15 is 0 Å². The Morgan fingerprint density at radius 1 is 1.54 bits per heavy atom. The van der Waals surface area contributed by atoms with E-state index in [1.54, 1.807) is 0 Å². The number of carbonyl (C=O) groups excluding carboxylic acids is 2. The highest BCUT2D eigenvalue weighted by Gasteiger charge is 2.25. The van der Waals surface area contributed by atoms with E-state index in [0.717, 1.165) is 19.4 Å². The number of nitrogens with one attached hydrogen (secondary N) is 1. The Hall–Kier alpha value is -0.550. The van der Waals surface area contributed by atoms with Crippen molar-refractivity contribution < 1.29 is 14.3 Å². The lowest BCUT2D eigenvalue weighted by molar-refractivity contribution is -0.160. The second-order valence-corrected chi connectivity index (χ2v) is 3.36. The van der Waals surface area contributed by atoms with E-state index < -0.39 is 11.9 Å². The van der Waals surface area contributed by atoms with E-state index in [9.17, 15) is 9.59 Å². The summed E-state index contributed by atoms with van der Waals surface area (Å²) in [4.78, 5) is 22.1. The number of hydrogen-bond acceptors (Lipinski definition) is 5. The second kappa shape index (κ2) is 5.24. The maximum Gasteiger partial charge on any atom is 0.330 e. The lowest BCUT2D eigenvalue weighted by atomic mass is 10.2. The Morgan fingerprint density at radius 3 is 2.85 bits per heavy atom. The summed E-state index contributed by atoms with van der Waals surface area (Å²) in [5.41, 5.74) is 0. The topological polar surface area (TPSA) is 55.4 Å². The molecule has 0 unspecified atom stereocenters. The first-order valence-corrected chi connectivity index (χ1v) is 4.96. The molecule has 0 saturated carbocycles. The van der Waals surface area contributed by atoms with Crippen molar-refractivity contribution >= 4 is 24.6 Å². The third-order valence-electron chi connectivity index (χ3n) is 1.88. The molecule has 1 saturated heterocycles. The molecular weight excluding hydrogens is 190 g/mol. The first kappa shape index (κ1) is 10.5. The third-order valence-corrected chi connectivity index (χ3v) is 2.10. The number of hydrogen-bond donors (Lipinski definition) is 2. The van der Waals surface area contributed by atoms with Crippen molar-refractivity contribution in [3.63, 3.8) is 0 Å². The molecule has 1 aliphatic rings. The van der Waals surface area contributed by atoms with Gasteiger partial charge in [0.15, 0.2) is 0 Å². The van der Waals surface area contributed by atoms with E-state index in [1.807, 2.05) is 0 Å². The summed E-state index contributed by atoms with van der Waals surface area (Å²) in [5, 5.41) is 2.96. The van der Waals surface area contributed by atoms with Crippen LogP contribution in [0.25, 0.3) is 0 Å². The summed E-state index contributed by atoms with van der Waals surface area (Å²) in [7, 11) is 0. The molecule has 0 amide bonds. The van der Waals surface area contributed by atoms with Crippen LogP contribution in [0.1, 0.15) is 19.3 Å². The molecule has 1 N–H and O–H groups in total. The first-order chi connectivity index (χ1) is 6.24. The van der Waals surface area contributed by atoms with Crippen molar-refractivity contribution in [1.29, 1.82) is 0 Å². The summed E-state index contributed by atoms with van der Waals surface area (Å²) < 4.78 is 4.59. The van der Waals surface area contributed by atoms with Crippen LogP contribution in [0, 0.1) is 0 Å². The minimum absolute atomic E-state index is 0.182. The van der Waals surface area contributed by atoms with Gasteiger partial charge in [0, 0.05) is 5.75 Å². The number of ether oxygens (including phenoxy) is 1. The predicted octanol–water partition coefficient (Wildman–Crippen LogP) is 0.128. The minimum atomic E-state index is -0.492. The zero-order chi connectivity index (χ0) is 9.68. The van der Waals surface area contributed by atoms with Gasteiger partial charge < -0.3 is 10.1 Å². The average molecular weight is 203 g/mol. The summed E-state index contributed by atoms with van der Waals surface area (Å²) in [6.07, 6.45) is 1.90. The molecule has 1 rings (SSSR count). The van der Waals surface area contributed by atoms with Crippen LogP contribution in [0.5, 0.6) is 0 Å². The summed E-state index contributed by atoms with van der Waals surface area (Å²) in [5.74, 6) is -0.539. The van der Waals surface area contributed by atoms with Crippen LogP contribution in [-0.4, -0.2) is 30.3 Å². The van der Waals surface area contributed by atoms with Crippen LogP contribution < -0.4 is 5.32 Å². The van der Waals surface area contributed by atoms with Gasteiger partial charge in [0.2, 0.25) is 0 Å². The standard InChI is InChI=1S/C8H13NO3S/c10-7(3-5-13)12-8(11)6-2-1-4-9-6/h6,9,13H,1-5H2/t6-/m0/s1. The molecule has 0 bridgehead atoms. The van der Waals surface area contributed by atoms with E-state index in [1.165, 1.54) is 0 Å². The van der Waals surface area contributed by atoms with E-state index in [0.29, 0.717) is 5.75 Å². The van der Waals surface area contributed by atoms with Crippen molar-refractivity contribution in [2.75, 3.05) is 12.3 Å². The fourth-order valence-corrected chi connectivity index (χ4v) is 1.39. The zero-order valence-electron chi connectivity index (χ0n) is 7.28. The summed E-state index contributed by atoms with van der Waals surface area (Å²) in [6.45, 7) is 0.820. The predicted molar refractivity (Wildman–Crippen MR) is 50.6 cm³/mol. The Morgan fingerprint density at radius 2 is 2.31 bits per heavy atom. The number of carbonyl (C=O) groups is 2. The van der Waals surface area contributed by atoms with E-state index in [4.69, 9.17) is 0 Å². The molecule has 13 heavy (non-hydrogen) atoms. The van der Waals surface area contributed by atoms with Crippen LogP contribution >= 0.6 is 12.6 Å². The quantitative estimate of drug-likeness (QED) is 0.389. The average Bonchev–Trinajstić information content (AvgIpc) is 2.55. The van der Waals surface area contributed by atoms with Gasteiger partial charge in [-0.05, 0) is 19.4 Å². The van der Waals surface area contributed by atoms with Gasteiger partial charge in [-0.15, -0.1) is 0 Å². The van der Waals surface area contributed by atoms with Crippen LogP contribution in [0.2, 0.25) is 0 Å². The van der Waals surface area contributed by atoms with E-state index in [2.05, 4.69) is 22.7 Å². The number of esters is 2. The number of rotatable bonds is 3.